The first-order valence-electron chi connectivity index (χ1n) is 14.5. The monoisotopic (exact) mass is 681 g/mol. The predicted octanol–water partition coefficient (Wildman–Crippen LogP) is 8.79. The predicted molar refractivity (Wildman–Crippen MR) is 166 cm³/mol. The molecule has 0 aromatic rings. The van der Waals surface area contributed by atoms with E-state index in [-0.39, 0.29) is 33.3 Å². The molecule has 0 radical (unpaired) electrons. The summed E-state index contributed by atoms with van der Waals surface area (Å²) in [5.41, 5.74) is 6.68. The third-order valence-electron chi connectivity index (χ3n) is 6.67. The van der Waals surface area contributed by atoms with Gasteiger partial charge in [-0.1, -0.05) is 26.7 Å². The van der Waals surface area contributed by atoms with Crippen LogP contribution in [0.3, 0.4) is 0 Å². The van der Waals surface area contributed by atoms with Crippen molar-refractivity contribution < 1.29 is 25.8 Å². The molecule has 5 nitrogen and oxygen atoms in total. The van der Waals surface area contributed by atoms with Gasteiger partial charge in [-0.3, -0.25) is 25.0 Å². The minimum absolute atomic E-state index is 0. The standard InChI is InChI=1S/C8H15N.C7H13N.C6H11N.C5H9N.C4H7N.CH4.Hf/c1-8-6-4-2-3-5-7-9-8;1-7-5-3-2-4-6-8-7;1-6-4-2-3-5-7-6;1-5-3-2-4-6-5;1-4-2-3-5-4;;/h2-7H2,1H3;2-6H2,1H3;2-5H2,1H3;2-4H2,1H3;2-3H2,1H3;1H4;. The molecule has 212 valence electrons. The first kappa shape index (κ1) is 38.4. The Morgan fingerprint density at radius 3 is 0.865 bits per heavy atom. The van der Waals surface area contributed by atoms with Gasteiger partial charge in [-0.2, -0.15) is 0 Å². The van der Waals surface area contributed by atoms with Crippen LogP contribution in [0.2, 0.25) is 0 Å². The maximum absolute atomic E-state index is 4.40. The van der Waals surface area contributed by atoms with E-state index < -0.39 is 0 Å². The van der Waals surface area contributed by atoms with Gasteiger partial charge in [0.15, 0.2) is 0 Å². The molecule has 0 spiro atoms. The van der Waals surface area contributed by atoms with Gasteiger partial charge in [-0.15, -0.1) is 0 Å². The van der Waals surface area contributed by atoms with E-state index in [1.807, 2.05) is 0 Å². The van der Waals surface area contributed by atoms with Crippen molar-refractivity contribution in [1.82, 2.24) is 0 Å². The molecule has 0 saturated heterocycles. The van der Waals surface area contributed by atoms with E-state index in [9.17, 15) is 0 Å². The van der Waals surface area contributed by atoms with Crippen LogP contribution in [0, 0.1) is 0 Å². The molecule has 0 atom stereocenters. The van der Waals surface area contributed by atoms with Gasteiger partial charge in [0.1, 0.15) is 0 Å². The first-order valence-corrected chi connectivity index (χ1v) is 14.5. The molecule has 37 heavy (non-hydrogen) atoms. The van der Waals surface area contributed by atoms with Crippen LogP contribution in [0.15, 0.2) is 25.0 Å². The van der Waals surface area contributed by atoms with Crippen LogP contribution in [0.1, 0.15) is 138 Å². The summed E-state index contributed by atoms with van der Waals surface area (Å²) in [6, 6.07) is 0. The second-order valence-electron chi connectivity index (χ2n) is 10.4. The maximum Gasteiger partial charge on any atom is 0.0440 e. The van der Waals surface area contributed by atoms with Crippen LogP contribution < -0.4 is 0 Å². The minimum atomic E-state index is 0. The third-order valence-corrected chi connectivity index (χ3v) is 6.67. The molecule has 6 heteroatoms. The largest absolute Gasteiger partial charge is 0.294 e. The number of hydrogen-bond acceptors (Lipinski definition) is 5. The molecule has 5 aliphatic heterocycles. The number of hydrogen-bond donors (Lipinski definition) is 0. The molecule has 0 fully saturated rings. The van der Waals surface area contributed by atoms with E-state index in [1.165, 1.54) is 125 Å². The van der Waals surface area contributed by atoms with Crippen molar-refractivity contribution in [3.05, 3.63) is 0 Å². The molecule has 0 aromatic heterocycles. The van der Waals surface area contributed by atoms with Crippen LogP contribution in [-0.2, 0) is 25.8 Å². The molecule has 0 amide bonds. The first-order chi connectivity index (χ1) is 17.0. The average molecular weight is 680 g/mol. The molecule has 0 bridgehead atoms. The SMILES string of the molecule is C.CC1=NCC1.CC1=NCCC1.CC1=NCCCC1.CC1=NCCCCC1.CC1=NCCCCCC1.[Hf]. The molecule has 0 N–H and O–H groups in total. The summed E-state index contributed by atoms with van der Waals surface area (Å²) in [7, 11) is 0. The summed E-state index contributed by atoms with van der Waals surface area (Å²) >= 11 is 0. The minimum Gasteiger partial charge on any atom is -0.294 e. The van der Waals surface area contributed by atoms with Crippen molar-refractivity contribution in [2.24, 2.45) is 25.0 Å². The molecule has 5 aliphatic rings. The van der Waals surface area contributed by atoms with Gasteiger partial charge in [-0.25, -0.2) is 0 Å². The zero-order valence-corrected chi connectivity index (χ0v) is 28.0. The Hall–Kier alpha value is -0.780. The normalized spacial score (nSPS) is 20.4. The number of rotatable bonds is 0. The van der Waals surface area contributed by atoms with Crippen LogP contribution in [0.5, 0.6) is 0 Å². The van der Waals surface area contributed by atoms with Gasteiger partial charge in [0.25, 0.3) is 0 Å². The van der Waals surface area contributed by atoms with E-state index >= 15 is 0 Å². The number of aliphatic imine (C=N–C) groups is 5. The van der Waals surface area contributed by atoms with Crippen molar-refractivity contribution in [2.75, 3.05) is 32.7 Å². The van der Waals surface area contributed by atoms with Crippen molar-refractivity contribution in [3.63, 3.8) is 0 Å². The van der Waals surface area contributed by atoms with E-state index in [4.69, 9.17) is 0 Å². The maximum atomic E-state index is 4.40. The van der Waals surface area contributed by atoms with Gasteiger partial charge in [-0.05, 0) is 105 Å². The molecule has 0 aromatic carbocycles. The van der Waals surface area contributed by atoms with E-state index in [2.05, 4.69) is 59.6 Å². The Morgan fingerprint density at radius 1 is 0.324 bits per heavy atom. The zero-order valence-electron chi connectivity index (χ0n) is 24.4. The van der Waals surface area contributed by atoms with Crippen LogP contribution >= 0.6 is 0 Å². The second-order valence-corrected chi connectivity index (χ2v) is 10.4. The van der Waals surface area contributed by atoms with Crippen molar-refractivity contribution in [3.8, 4) is 0 Å². The van der Waals surface area contributed by atoms with Crippen molar-refractivity contribution in [1.29, 1.82) is 0 Å². The van der Waals surface area contributed by atoms with Gasteiger partial charge in [0, 0.05) is 93.5 Å². The van der Waals surface area contributed by atoms with Gasteiger partial charge < -0.3 is 0 Å². The Labute approximate surface area is 249 Å². The van der Waals surface area contributed by atoms with E-state index in [0.717, 1.165) is 32.7 Å². The molecular formula is C31H59HfN5. The molecular weight excluding hydrogens is 621 g/mol. The smallest absolute Gasteiger partial charge is 0.0440 e. The molecule has 5 rings (SSSR count). The summed E-state index contributed by atoms with van der Waals surface area (Å²) in [5, 5.41) is 0. The third kappa shape index (κ3) is 25.3. The van der Waals surface area contributed by atoms with Crippen LogP contribution in [0.4, 0.5) is 0 Å². The Morgan fingerprint density at radius 2 is 0.595 bits per heavy atom. The molecule has 0 aliphatic carbocycles. The van der Waals surface area contributed by atoms with Crippen LogP contribution in [-0.4, -0.2) is 61.3 Å². The fourth-order valence-corrected chi connectivity index (χ4v) is 4.07. The Bertz CT molecular complexity index is 706. The topological polar surface area (TPSA) is 61.8 Å². The summed E-state index contributed by atoms with van der Waals surface area (Å²) in [5.74, 6) is 0. The average Bonchev–Trinajstić information content (AvgIpc) is 3.17. The fourth-order valence-electron chi connectivity index (χ4n) is 4.07. The molecule has 0 saturated carbocycles. The van der Waals surface area contributed by atoms with E-state index in [1.54, 1.807) is 0 Å². The second kappa shape index (κ2) is 26.8. The summed E-state index contributed by atoms with van der Waals surface area (Å²) in [6.07, 6.45) is 19.6. The number of nitrogens with zero attached hydrogens (tertiary/aromatic N) is 5. The quantitative estimate of drug-likeness (QED) is 0.230. The van der Waals surface area contributed by atoms with E-state index in [0.29, 0.717) is 0 Å². The molecule has 0 unspecified atom stereocenters. The van der Waals surface area contributed by atoms with Crippen LogP contribution in [0.25, 0.3) is 0 Å². The van der Waals surface area contributed by atoms with Crippen molar-refractivity contribution >= 4 is 28.6 Å². The zero-order chi connectivity index (χ0) is 25.6. The van der Waals surface area contributed by atoms with Gasteiger partial charge in [0.2, 0.25) is 0 Å². The summed E-state index contributed by atoms with van der Waals surface area (Å²) < 4.78 is 0. The van der Waals surface area contributed by atoms with Gasteiger partial charge in [0.05, 0.1) is 0 Å². The summed E-state index contributed by atoms with van der Waals surface area (Å²) in [6.45, 7) is 15.9. The Kier molecular flexibility index (Phi) is 27.8. The summed E-state index contributed by atoms with van der Waals surface area (Å²) in [4.78, 5) is 21.1. The van der Waals surface area contributed by atoms with Gasteiger partial charge >= 0.3 is 0 Å². The molecule has 5 heterocycles. The van der Waals surface area contributed by atoms with Crippen molar-refractivity contribution in [2.45, 2.75) is 138 Å². The Balaban J connectivity index is 0. The fraction of sp³-hybridized carbons (Fsp3) is 0.839.